The number of nitrogens with one attached hydrogen (secondary N) is 1. The smallest absolute Gasteiger partial charge is 0.252 e. The van der Waals surface area contributed by atoms with E-state index in [1.165, 1.54) is 14.0 Å². The summed E-state index contributed by atoms with van der Waals surface area (Å²) < 4.78 is 12.8. The summed E-state index contributed by atoms with van der Waals surface area (Å²) in [7, 11) is -0.0749. The van der Waals surface area contributed by atoms with Crippen LogP contribution < -0.4 is 5.32 Å². The lowest BCUT2D eigenvalue weighted by atomic mass is 10.1. The zero-order chi connectivity index (χ0) is 15.4. The van der Waals surface area contributed by atoms with E-state index in [4.69, 9.17) is 0 Å². The molecule has 2 aromatic carbocycles. The Bertz CT molecular complexity index is 725. The van der Waals surface area contributed by atoms with Gasteiger partial charge in [0.05, 0.1) is 26.2 Å². The van der Waals surface area contributed by atoms with Crippen LogP contribution in [0.1, 0.15) is 27.6 Å². The highest BCUT2D eigenvalue weighted by molar-refractivity contribution is 7.85. The fourth-order valence-corrected chi connectivity index (χ4v) is 3.40. The molecule has 2 aromatic rings. The molecule has 4 nitrogen and oxygen atoms in total. The molecule has 0 bridgehead atoms. The number of hydrogen-bond donors (Lipinski definition) is 1. The monoisotopic (exact) mass is 301 g/mol. The van der Waals surface area contributed by atoms with Crippen LogP contribution >= 0.6 is 0 Å². The van der Waals surface area contributed by atoms with Crippen molar-refractivity contribution in [2.75, 3.05) is 7.05 Å². The van der Waals surface area contributed by atoms with E-state index in [0.717, 1.165) is 0 Å². The topological polar surface area (TPSA) is 63.2 Å². The van der Waals surface area contributed by atoms with Gasteiger partial charge in [0.1, 0.15) is 0 Å². The van der Waals surface area contributed by atoms with Crippen molar-refractivity contribution in [3.8, 4) is 0 Å². The Balaban J connectivity index is 2.56. The Hall–Kier alpha value is -2.27. The van der Waals surface area contributed by atoms with Crippen molar-refractivity contribution in [2.45, 2.75) is 16.7 Å². The van der Waals surface area contributed by atoms with Crippen LogP contribution in [0.5, 0.6) is 0 Å². The number of hydrogen-bond acceptors (Lipinski definition) is 3. The van der Waals surface area contributed by atoms with Gasteiger partial charge in [0.15, 0.2) is 5.78 Å². The maximum atomic E-state index is 12.8. The van der Waals surface area contributed by atoms with Gasteiger partial charge in [-0.25, -0.2) is 4.21 Å². The van der Waals surface area contributed by atoms with Gasteiger partial charge in [0.25, 0.3) is 5.91 Å². The van der Waals surface area contributed by atoms with E-state index in [9.17, 15) is 13.8 Å². The molecule has 0 spiro atoms. The van der Waals surface area contributed by atoms with Gasteiger partial charge in [-0.1, -0.05) is 30.3 Å². The zero-order valence-electron chi connectivity index (χ0n) is 11.8. The average Bonchev–Trinajstić information content (AvgIpc) is 2.53. The van der Waals surface area contributed by atoms with E-state index in [-0.39, 0.29) is 11.7 Å². The molecule has 0 saturated carbocycles. The lowest BCUT2D eigenvalue weighted by molar-refractivity contribution is 0.0959. The lowest BCUT2D eigenvalue weighted by Crippen LogP contribution is -2.20. The molecular weight excluding hydrogens is 286 g/mol. The number of Topliss-reactive ketones (excluding diaryl/α,β-unsaturated/α-hetero) is 1. The van der Waals surface area contributed by atoms with E-state index in [0.29, 0.717) is 20.9 Å². The summed E-state index contributed by atoms with van der Waals surface area (Å²) >= 11 is 0. The third kappa shape index (κ3) is 3.08. The lowest BCUT2D eigenvalue weighted by Gasteiger charge is -2.10. The molecule has 0 aliphatic heterocycles. The third-order valence-corrected chi connectivity index (χ3v) is 4.54. The number of benzene rings is 2. The molecule has 0 radical (unpaired) electrons. The number of carbonyl (C=O) groups is 2. The molecule has 0 saturated heterocycles. The summed E-state index contributed by atoms with van der Waals surface area (Å²) in [5.41, 5.74) is 0.749. The standard InChI is InChI=1S/C16H15NO3S/c1-11(18)12-7-3-5-9-14(12)21(20)15-10-6-4-8-13(15)16(19)17-2/h3-10H,1-2H3,(H,17,19). The van der Waals surface area contributed by atoms with Crippen molar-refractivity contribution in [3.05, 3.63) is 59.7 Å². The van der Waals surface area contributed by atoms with Crippen LogP contribution in [-0.2, 0) is 10.8 Å². The molecule has 0 aliphatic rings. The predicted octanol–water partition coefficient (Wildman–Crippen LogP) is 2.42. The Morgan fingerprint density at radius 2 is 1.38 bits per heavy atom. The highest BCUT2D eigenvalue weighted by Crippen LogP contribution is 2.23. The molecular formula is C16H15NO3S. The van der Waals surface area contributed by atoms with Crippen molar-refractivity contribution in [1.29, 1.82) is 0 Å². The highest BCUT2D eigenvalue weighted by Gasteiger charge is 2.19. The first-order valence-corrected chi connectivity index (χ1v) is 7.54. The van der Waals surface area contributed by atoms with Gasteiger partial charge < -0.3 is 5.32 Å². The Labute approximate surface area is 125 Å². The SMILES string of the molecule is CNC(=O)c1ccccc1S(=O)c1ccccc1C(C)=O. The second kappa shape index (κ2) is 6.45. The number of ketones is 1. The summed E-state index contributed by atoms with van der Waals surface area (Å²) in [6.07, 6.45) is 0. The van der Waals surface area contributed by atoms with Crippen molar-refractivity contribution in [1.82, 2.24) is 5.32 Å². The highest BCUT2D eigenvalue weighted by atomic mass is 32.2. The van der Waals surface area contributed by atoms with Crippen LogP contribution in [-0.4, -0.2) is 22.9 Å². The molecule has 2 rings (SSSR count). The van der Waals surface area contributed by atoms with Gasteiger partial charge in [-0.3, -0.25) is 9.59 Å². The first-order chi connectivity index (χ1) is 10.1. The van der Waals surface area contributed by atoms with Crippen LogP contribution in [0.3, 0.4) is 0 Å². The second-order valence-electron chi connectivity index (χ2n) is 4.40. The van der Waals surface area contributed by atoms with Crippen molar-refractivity contribution >= 4 is 22.5 Å². The number of amides is 1. The minimum Gasteiger partial charge on any atom is -0.355 e. The summed E-state index contributed by atoms with van der Waals surface area (Å²) in [5, 5.41) is 2.53. The second-order valence-corrected chi connectivity index (χ2v) is 5.81. The van der Waals surface area contributed by atoms with Gasteiger partial charge >= 0.3 is 0 Å². The Kier molecular flexibility index (Phi) is 4.65. The van der Waals surface area contributed by atoms with E-state index < -0.39 is 10.8 Å². The normalized spacial score (nSPS) is 11.7. The molecule has 108 valence electrons. The molecule has 0 aromatic heterocycles. The van der Waals surface area contributed by atoms with Gasteiger partial charge in [-0.15, -0.1) is 0 Å². The Morgan fingerprint density at radius 1 is 0.905 bits per heavy atom. The number of rotatable bonds is 4. The van der Waals surface area contributed by atoms with Crippen LogP contribution in [0.25, 0.3) is 0 Å². The van der Waals surface area contributed by atoms with E-state index in [2.05, 4.69) is 5.32 Å². The fraction of sp³-hybridized carbons (Fsp3) is 0.125. The minimum absolute atomic E-state index is 0.156. The van der Waals surface area contributed by atoms with Crippen LogP contribution in [0.4, 0.5) is 0 Å². The van der Waals surface area contributed by atoms with Crippen LogP contribution in [0, 0.1) is 0 Å². The maximum absolute atomic E-state index is 12.8. The zero-order valence-corrected chi connectivity index (χ0v) is 12.6. The van der Waals surface area contributed by atoms with E-state index in [1.807, 2.05) is 0 Å². The van der Waals surface area contributed by atoms with Gasteiger partial charge in [-0.2, -0.15) is 0 Å². The summed E-state index contributed by atoms with van der Waals surface area (Å²) in [4.78, 5) is 24.4. The van der Waals surface area contributed by atoms with Crippen molar-refractivity contribution in [3.63, 3.8) is 0 Å². The number of carbonyl (C=O) groups excluding carboxylic acids is 2. The average molecular weight is 301 g/mol. The molecule has 1 N–H and O–H groups in total. The molecule has 0 heterocycles. The minimum atomic E-state index is -1.59. The van der Waals surface area contributed by atoms with Crippen molar-refractivity contribution < 1.29 is 13.8 Å². The van der Waals surface area contributed by atoms with Crippen molar-refractivity contribution in [2.24, 2.45) is 0 Å². The van der Waals surface area contributed by atoms with Gasteiger partial charge in [0, 0.05) is 12.6 Å². The molecule has 1 amide bonds. The van der Waals surface area contributed by atoms with Crippen LogP contribution in [0.15, 0.2) is 58.3 Å². The molecule has 0 aliphatic carbocycles. The van der Waals surface area contributed by atoms with Gasteiger partial charge in [-0.05, 0) is 25.1 Å². The summed E-state index contributed by atoms with van der Waals surface area (Å²) in [5.74, 6) is -0.462. The predicted molar refractivity (Wildman–Crippen MR) is 81.0 cm³/mol. The first kappa shape index (κ1) is 15.1. The molecule has 5 heteroatoms. The molecule has 0 fully saturated rings. The quantitative estimate of drug-likeness (QED) is 0.882. The summed E-state index contributed by atoms with van der Waals surface area (Å²) in [6, 6.07) is 13.4. The van der Waals surface area contributed by atoms with Crippen LogP contribution in [0.2, 0.25) is 0 Å². The Morgan fingerprint density at radius 3 is 1.90 bits per heavy atom. The molecule has 21 heavy (non-hydrogen) atoms. The summed E-state index contributed by atoms with van der Waals surface area (Å²) in [6.45, 7) is 1.43. The molecule has 1 atom stereocenters. The largest absolute Gasteiger partial charge is 0.355 e. The third-order valence-electron chi connectivity index (χ3n) is 3.02. The fourth-order valence-electron chi connectivity index (χ4n) is 1.99. The first-order valence-electron chi connectivity index (χ1n) is 6.39. The van der Waals surface area contributed by atoms with Gasteiger partial charge in [0.2, 0.25) is 0 Å². The van der Waals surface area contributed by atoms with E-state index >= 15 is 0 Å². The van der Waals surface area contributed by atoms with E-state index in [1.54, 1.807) is 48.5 Å². The molecule has 1 unspecified atom stereocenters. The maximum Gasteiger partial charge on any atom is 0.252 e.